The van der Waals surface area contributed by atoms with Crippen LogP contribution in [0.15, 0.2) is 18.2 Å². The third-order valence-electron chi connectivity index (χ3n) is 1.79. The molecule has 0 saturated carbocycles. The maximum Gasteiger partial charge on any atom is 0.145 e. The Labute approximate surface area is 94.0 Å². The second-order valence-electron chi connectivity index (χ2n) is 3.10. The lowest BCUT2D eigenvalue weighted by molar-refractivity contribution is 0.288. The lowest BCUT2D eigenvalue weighted by Crippen LogP contribution is -2.28. The molecule has 0 bridgehead atoms. The van der Waals surface area contributed by atoms with Crippen molar-refractivity contribution in [3.63, 3.8) is 0 Å². The molecule has 1 aromatic carbocycles. The molecule has 0 amide bonds. The van der Waals surface area contributed by atoms with E-state index in [4.69, 9.17) is 34.3 Å². The van der Waals surface area contributed by atoms with Gasteiger partial charge in [-0.15, -0.1) is 0 Å². The molecule has 14 heavy (non-hydrogen) atoms. The largest absolute Gasteiger partial charge is 0.482 e. The van der Waals surface area contributed by atoms with Crippen LogP contribution < -0.4 is 10.5 Å². The summed E-state index contributed by atoms with van der Waals surface area (Å²) in [6.45, 7) is 3.76. The topological polar surface area (TPSA) is 35.2 Å². The van der Waals surface area contributed by atoms with Gasteiger partial charge in [-0.25, -0.2) is 0 Å². The van der Waals surface area contributed by atoms with Gasteiger partial charge in [0, 0.05) is 0 Å². The summed E-state index contributed by atoms with van der Waals surface area (Å²) in [6.07, 6.45) is -0.301. The Morgan fingerprint density at radius 1 is 1.57 bits per heavy atom. The molecular formula is C10H12ClNOS. The molecule has 0 radical (unpaired) electrons. The summed E-state index contributed by atoms with van der Waals surface area (Å²) in [4.78, 5) is 0.321. The number of nitrogens with two attached hydrogens (primary N) is 1. The van der Waals surface area contributed by atoms with Crippen LogP contribution in [0.3, 0.4) is 0 Å². The van der Waals surface area contributed by atoms with Gasteiger partial charge in [-0.2, -0.15) is 0 Å². The van der Waals surface area contributed by atoms with Crippen molar-refractivity contribution in [2.75, 3.05) is 0 Å². The van der Waals surface area contributed by atoms with Crippen molar-refractivity contribution in [3.05, 3.63) is 28.8 Å². The van der Waals surface area contributed by atoms with Crippen LogP contribution in [0.25, 0.3) is 0 Å². The van der Waals surface area contributed by atoms with Gasteiger partial charge < -0.3 is 10.5 Å². The summed E-state index contributed by atoms with van der Waals surface area (Å²) in [7, 11) is 0. The first-order chi connectivity index (χ1) is 6.50. The summed E-state index contributed by atoms with van der Waals surface area (Å²) < 4.78 is 5.46. The fraction of sp³-hybridized carbons (Fsp3) is 0.300. The molecule has 1 rings (SSSR count). The predicted molar refractivity (Wildman–Crippen MR) is 63.1 cm³/mol. The van der Waals surface area contributed by atoms with E-state index in [1.807, 2.05) is 25.1 Å². The standard InChI is InChI=1S/C10H12ClNOS/c1-6-3-4-9(8(11)5-6)13-7(2)10(12)14/h3-5,7H,1-2H3,(H2,12,14). The average Bonchev–Trinajstić information content (AvgIpc) is 2.09. The second-order valence-corrected chi connectivity index (χ2v) is 3.97. The number of halogens is 1. The highest BCUT2D eigenvalue weighted by atomic mass is 35.5. The highest BCUT2D eigenvalue weighted by Crippen LogP contribution is 2.25. The number of ether oxygens (including phenoxy) is 1. The SMILES string of the molecule is Cc1ccc(OC(C)C(N)=S)c(Cl)c1. The monoisotopic (exact) mass is 229 g/mol. The molecule has 76 valence electrons. The molecule has 1 atom stereocenters. The molecule has 0 fully saturated rings. The van der Waals surface area contributed by atoms with E-state index in [-0.39, 0.29) is 6.10 Å². The lowest BCUT2D eigenvalue weighted by atomic mass is 10.2. The van der Waals surface area contributed by atoms with Crippen LogP contribution in [0.2, 0.25) is 5.02 Å². The van der Waals surface area contributed by atoms with E-state index in [1.165, 1.54) is 0 Å². The lowest BCUT2D eigenvalue weighted by Gasteiger charge is -2.14. The second kappa shape index (κ2) is 4.62. The number of hydrogen-bond acceptors (Lipinski definition) is 2. The van der Waals surface area contributed by atoms with Crippen LogP contribution in [-0.2, 0) is 0 Å². The normalized spacial score (nSPS) is 12.2. The first kappa shape index (κ1) is 11.3. The first-order valence-corrected chi connectivity index (χ1v) is 5.01. The minimum absolute atomic E-state index is 0.301. The van der Waals surface area contributed by atoms with Gasteiger partial charge in [0.1, 0.15) is 16.8 Å². The predicted octanol–water partition coefficient (Wildman–Crippen LogP) is 2.70. The molecule has 2 N–H and O–H groups in total. The molecule has 1 unspecified atom stereocenters. The molecule has 0 heterocycles. The Hall–Kier alpha value is -0.800. The molecule has 0 aliphatic heterocycles. The molecule has 1 aromatic rings. The van der Waals surface area contributed by atoms with Gasteiger partial charge in [0.15, 0.2) is 0 Å². The summed E-state index contributed by atoms with van der Waals surface area (Å²) in [5.74, 6) is 0.609. The number of aryl methyl sites for hydroxylation is 1. The Kier molecular flexibility index (Phi) is 3.72. The third-order valence-corrected chi connectivity index (χ3v) is 2.42. The molecule has 4 heteroatoms. The Balaban J connectivity index is 2.82. The third kappa shape index (κ3) is 2.86. The minimum Gasteiger partial charge on any atom is -0.482 e. The van der Waals surface area contributed by atoms with Crippen molar-refractivity contribution in [1.82, 2.24) is 0 Å². The molecule has 0 aliphatic rings. The number of rotatable bonds is 3. The molecule has 2 nitrogen and oxygen atoms in total. The van der Waals surface area contributed by atoms with Gasteiger partial charge in [-0.3, -0.25) is 0 Å². The highest BCUT2D eigenvalue weighted by molar-refractivity contribution is 7.80. The fourth-order valence-electron chi connectivity index (χ4n) is 0.950. The van der Waals surface area contributed by atoms with E-state index >= 15 is 0 Å². The van der Waals surface area contributed by atoms with Crippen molar-refractivity contribution >= 4 is 28.8 Å². The zero-order valence-electron chi connectivity index (χ0n) is 8.08. The number of benzene rings is 1. The van der Waals surface area contributed by atoms with E-state index in [0.717, 1.165) is 5.56 Å². The van der Waals surface area contributed by atoms with Crippen molar-refractivity contribution < 1.29 is 4.74 Å². The van der Waals surface area contributed by atoms with Gasteiger partial charge in [0.2, 0.25) is 0 Å². The summed E-state index contributed by atoms with van der Waals surface area (Å²) in [6, 6.07) is 5.57. The van der Waals surface area contributed by atoms with Crippen LogP contribution in [0.4, 0.5) is 0 Å². The Bertz CT molecular complexity index is 354. The van der Waals surface area contributed by atoms with Gasteiger partial charge in [0.05, 0.1) is 5.02 Å². The van der Waals surface area contributed by atoms with Crippen molar-refractivity contribution in [1.29, 1.82) is 0 Å². The van der Waals surface area contributed by atoms with E-state index in [0.29, 0.717) is 15.8 Å². The maximum atomic E-state index is 5.97. The first-order valence-electron chi connectivity index (χ1n) is 4.23. The smallest absolute Gasteiger partial charge is 0.145 e. The van der Waals surface area contributed by atoms with Gasteiger partial charge in [-0.05, 0) is 31.5 Å². The zero-order valence-corrected chi connectivity index (χ0v) is 9.65. The number of hydrogen-bond donors (Lipinski definition) is 1. The molecule has 0 aliphatic carbocycles. The molecule has 0 spiro atoms. The Morgan fingerprint density at radius 2 is 2.21 bits per heavy atom. The summed E-state index contributed by atoms with van der Waals surface area (Å²) >= 11 is 10.8. The minimum atomic E-state index is -0.301. The fourth-order valence-corrected chi connectivity index (χ4v) is 1.28. The van der Waals surface area contributed by atoms with Gasteiger partial charge in [0.25, 0.3) is 0 Å². The quantitative estimate of drug-likeness (QED) is 0.810. The van der Waals surface area contributed by atoms with Crippen LogP contribution in [0, 0.1) is 6.92 Å². The highest BCUT2D eigenvalue weighted by Gasteiger charge is 2.09. The maximum absolute atomic E-state index is 5.97. The van der Waals surface area contributed by atoms with E-state index < -0.39 is 0 Å². The van der Waals surface area contributed by atoms with Crippen molar-refractivity contribution in [3.8, 4) is 5.75 Å². The average molecular weight is 230 g/mol. The van der Waals surface area contributed by atoms with Crippen LogP contribution in [-0.4, -0.2) is 11.1 Å². The van der Waals surface area contributed by atoms with Crippen molar-refractivity contribution in [2.45, 2.75) is 20.0 Å². The summed E-state index contributed by atoms with van der Waals surface area (Å²) in [5, 5.41) is 0.577. The van der Waals surface area contributed by atoms with Crippen LogP contribution in [0.5, 0.6) is 5.75 Å². The van der Waals surface area contributed by atoms with Gasteiger partial charge in [-0.1, -0.05) is 29.9 Å². The zero-order chi connectivity index (χ0) is 10.7. The van der Waals surface area contributed by atoms with Crippen molar-refractivity contribution in [2.24, 2.45) is 5.73 Å². The number of thiocarbonyl (C=S) groups is 1. The Morgan fingerprint density at radius 3 is 2.71 bits per heavy atom. The molecule has 0 aromatic heterocycles. The van der Waals surface area contributed by atoms with Crippen LogP contribution in [0.1, 0.15) is 12.5 Å². The summed E-state index contributed by atoms with van der Waals surface area (Å²) in [5.41, 5.74) is 6.52. The van der Waals surface area contributed by atoms with E-state index in [2.05, 4.69) is 0 Å². The van der Waals surface area contributed by atoms with E-state index in [1.54, 1.807) is 6.92 Å². The molecular weight excluding hydrogens is 218 g/mol. The van der Waals surface area contributed by atoms with Gasteiger partial charge >= 0.3 is 0 Å². The van der Waals surface area contributed by atoms with Crippen LogP contribution >= 0.6 is 23.8 Å². The van der Waals surface area contributed by atoms with E-state index in [9.17, 15) is 0 Å². The molecule has 0 saturated heterocycles.